The molecule has 2 amide bonds. The predicted molar refractivity (Wildman–Crippen MR) is 116 cm³/mol. The first-order valence-corrected chi connectivity index (χ1v) is 11.2. The summed E-state index contributed by atoms with van der Waals surface area (Å²) in [5.74, 6) is -2.06. The van der Waals surface area contributed by atoms with Crippen molar-refractivity contribution in [2.24, 2.45) is 5.92 Å². The fraction of sp³-hybridized carbons (Fsp3) is 0.364. The Balaban J connectivity index is 1.57. The van der Waals surface area contributed by atoms with Crippen molar-refractivity contribution in [2.75, 3.05) is 0 Å². The number of imide groups is 1. The van der Waals surface area contributed by atoms with Gasteiger partial charge >= 0.3 is 5.97 Å². The quantitative estimate of drug-likeness (QED) is 0.398. The molecule has 0 saturated carbocycles. The number of rotatable bonds is 7. The third-order valence-corrected chi connectivity index (χ3v) is 6.59. The number of hydrogen-bond donors (Lipinski definition) is 0. The van der Waals surface area contributed by atoms with Crippen LogP contribution in [0.3, 0.4) is 0 Å². The maximum atomic E-state index is 13.1. The van der Waals surface area contributed by atoms with Gasteiger partial charge < -0.3 is 4.74 Å². The van der Waals surface area contributed by atoms with Gasteiger partial charge in [0.15, 0.2) is 0 Å². The molecule has 2 aromatic heterocycles. The van der Waals surface area contributed by atoms with Crippen molar-refractivity contribution >= 4 is 34.1 Å². The van der Waals surface area contributed by atoms with Gasteiger partial charge in [0, 0.05) is 6.07 Å². The van der Waals surface area contributed by atoms with Crippen LogP contribution in [0.4, 0.5) is 0 Å². The lowest BCUT2D eigenvalue weighted by Crippen LogP contribution is -2.49. The number of aromatic nitrogens is 3. The number of ether oxygens (including phenoxy) is 1. The van der Waals surface area contributed by atoms with Crippen LogP contribution in [-0.2, 0) is 22.6 Å². The van der Waals surface area contributed by atoms with E-state index in [9.17, 15) is 19.2 Å². The van der Waals surface area contributed by atoms with Crippen molar-refractivity contribution in [3.8, 4) is 0 Å². The average molecular weight is 455 g/mol. The lowest BCUT2D eigenvalue weighted by molar-refractivity contribution is -0.151. The maximum absolute atomic E-state index is 13.1. The summed E-state index contributed by atoms with van der Waals surface area (Å²) in [4.78, 5) is 56.9. The molecule has 32 heavy (non-hydrogen) atoms. The first-order chi connectivity index (χ1) is 15.3. The molecule has 0 radical (unpaired) electrons. The molecule has 10 heteroatoms. The highest BCUT2D eigenvalue weighted by Gasteiger charge is 2.45. The molecule has 3 aromatic rings. The van der Waals surface area contributed by atoms with E-state index in [-0.39, 0.29) is 34.9 Å². The molecule has 2 atom stereocenters. The molecule has 0 bridgehead atoms. The fourth-order valence-electron chi connectivity index (χ4n) is 3.62. The van der Waals surface area contributed by atoms with Gasteiger partial charge in [-0.1, -0.05) is 50.7 Å². The highest BCUT2D eigenvalue weighted by Crippen LogP contribution is 2.29. The van der Waals surface area contributed by atoms with Crippen LogP contribution in [-0.4, -0.2) is 43.3 Å². The second-order valence-electron chi connectivity index (χ2n) is 7.59. The first-order valence-electron chi connectivity index (χ1n) is 10.4. The van der Waals surface area contributed by atoms with Crippen LogP contribution >= 0.6 is 11.3 Å². The summed E-state index contributed by atoms with van der Waals surface area (Å²) < 4.78 is 6.66. The molecule has 166 valence electrons. The lowest BCUT2D eigenvalue weighted by atomic mass is 9.97. The van der Waals surface area contributed by atoms with E-state index >= 15 is 0 Å². The Hall–Kier alpha value is -3.40. The number of carbonyl (C=O) groups is 3. The van der Waals surface area contributed by atoms with E-state index in [1.807, 2.05) is 13.8 Å². The Morgan fingerprint density at radius 2 is 1.78 bits per heavy atom. The van der Waals surface area contributed by atoms with Crippen LogP contribution in [0.25, 0.3) is 4.96 Å². The normalized spacial score (nSPS) is 15.2. The number of carbonyl (C=O) groups excluding carboxylic acids is 3. The van der Waals surface area contributed by atoms with Crippen molar-refractivity contribution in [1.29, 1.82) is 0 Å². The van der Waals surface area contributed by atoms with Crippen molar-refractivity contribution in [3.63, 3.8) is 0 Å². The Kier molecular flexibility index (Phi) is 5.88. The van der Waals surface area contributed by atoms with Crippen LogP contribution in [0.15, 0.2) is 35.1 Å². The zero-order valence-corrected chi connectivity index (χ0v) is 18.7. The summed E-state index contributed by atoms with van der Waals surface area (Å²) >= 11 is 1.29. The smallest absolute Gasteiger partial charge is 0.330 e. The van der Waals surface area contributed by atoms with Crippen molar-refractivity contribution in [2.45, 2.75) is 46.3 Å². The highest BCUT2D eigenvalue weighted by atomic mass is 32.1. The molecule has 0 saturated heterocycles. The minimum atomic E-state index is -1.08. The number of esters is 1. The number of hydrogen-bond acceptors (Lipinski definition) is 8. The Morgan fingerprint density at radius 1 is 1.12 bits per heavy atom. The molecule has 0 fully saturated rings. The predicted octanol–water partition coefficient (Wildman–Crippen LogP) is 2.47. The van der Waals surface area contributed by atoms with Gasteiger partial charge in [-0.3, -0.25) is 19.3 Å². The zero-order chi connectivity index (χ0) is 23.0. The first kappa shape index (κ1) is 21.8. The van der Waals surface area contributed by atoms with Crippen LogP contribution in [0, 0.1) is 5.92 Å². The van der Waals surface area contributed by atoms with E-state index in [1.54, 1.807) is 31.2 Å². The number of aryl methyl sites for hydroxylation is 1. The Bertz CT molecular complexity index is 1250. The molecule has 2 unspecified atom stereocenters. The molecule has 0 spiro atoms. The summed E-state index contributed by atoms with van der Waals surface area (Å²) in [5.41, 5.74) is 0.460. The third kappa shape index (κ3) is 3.70. The van der Waals surface area contributed by atoms with Gasteiger partial charge in [0.2, 0.25) is 4.96 Å². The molecule has 1 aromatic carbocycles. The van der Waals surface area contributed by atoms with Gasteiger partial charge in [-0.25, -0.2) is 9.78 Å². The van der Waals surface area contributed by atoms with Crippen LogP contribution in [0.2, 0.25) is 0 Å². The van der Waals surface area contributed by atoms with Gasteiger partial charge in [-0.2, -0.15) is 9.61 Å². The molecule has 4 rings (SSSR count). The third-order valence-electron chi connectivity index (χ3n) is 5.53. The minimum Gasteiger partial charge on any atom is -0.458 e. The number of fused-ring (bicyclic) bond motifs is 2. The van der Waals surface area contributed by atoms with Crippen molar-refractivity contribution < 1.29 is 19.1 Å². The lowest BCUT2D eigenvalue weighted by Gasteiger charge is -2.28. The average Bonchev–Trinajstić information content (AvgIpc) is 3.33. The monoisotopic (exact) mass is 454 g/mol. The minimum absolute atomic E-state index is 0.250. The standard InChI is InChI=1S/C22H22N4O5S/c1-4-12(3)18(25-19(28)14-8-6-7-9-15(14)20(25)29)21(30)31-11-13-10-17(27)26-22(23-13)32-16(5-2)24-26/h6-10,12,18H,4-5,11H2,1-3H3. The van der Waals surface area contributed by atoms with Gasteiger partial charge in [0.25, 0.3) is 17.4 Å². The van der Waals surface area contributed by atoms with E-state index in [4.69, 9.17) is 4.74 Å². The van der Waals surface area contributed by atoms with Crippen molar-refractivity contribution in [1.82, 2.24) is 19.5 Å². The summed E-state index contributed by atoms with van der Waals surface area (Å²) in [6.07, 6.45) is 1.23. The zero-order valence-electron chi connectivity index (χ0n) is 17.9. The van der Waals surface area contributed by atoms with Crippen molar-refractivity contribution in [3.05, 3.63) is 62.5 Å². The molecule has 9 nitrogen and oxygen atoms in total. The molecule has 0 aliphatic carbocycles. The second-order valence-corrected chi connectivity index (χ2v) is 8.63. The topological polar surface area (TPSA) is 111 Å². The fourth-order valence-corrected chi connectivity index (χ4v) is 4.48. The van der Waals surface area contributed by atoms with Gasteiger partial charge in [0.1, 0.15) is 17.7 Å². The Labute approximate surface area is 187 Å². The number of nitrogens with zero attached hydrogens (tertiary/aromatic N) is 4. The van der Waals surface area contributed by atoms with E-state index in [0.29, 0.717) is 17.8 Å². The van der Waals surface area contributed by atoms with E-state index < -0.39 is 23.8 Å². The van der Waals surface area contributed by atoms with Crippen LogP contribution in [0.1, 0.15) is 58.6 Å². The van der Waals surface area contributed by atoms with E-state index in [2.05, 4.69) is 10.1 Å². The molecule has 3 heterocycles. The summed E-state index contributed by atoms with van der Waals surface area (Å²) in [6.45, 7) is 5.34. The molecular weight excluding hydrogens is 432 g/mol. The molecule has 0 N–H and O–H groups in total. The largest absolute Gasteiger partial charge is 0.458 e. The SMILES string of the molecule is CCc1nn2c(=O)cc(COC(=O)C(C(C)CC)N3C(=O)c4ccccc4C3=O)nc2s1. The van der Waals surface area contributed by atoms with Gasteiger partial charge in [0.05, 0.1) is 16.8 Å². The van der Waals surface area contributed by atoms with Gasteiger partial charge in [-0.15, -0.1) is 0 Å². The molecule has 1 aliphatic rings. The second kappa shape index (κ2) is 8.62. The highest BCUT2D eigenvalue weighted by molar-refractivity contribution is 7.16. The number of benzene rings is 1. The summed E-state index contributed by atoms with van der Waals surface area (Å²) in [6, 6.07) is 6.68. The summed E-state index contributed by atoms with van der Waals surface area (Å²) in [5, 5.41) is 4.96. The van der Waals surface area contributed by atoms with Crippen LogP contribution < -0.4 is 5.56 Å². The maximum Gasteiger partial charge on any atom is 0.330 e. The summed E-state index contributed by atoms with van der Waals surface area (Å²) in [7, 11) is 0. The van der Waals surface area contributed by atoms with Crippen LogP contribution in [0.5, 0.6) is 0 Å². The molecule has 1 aliphatic heterocycles. The number of amides is 2. The van der Waals surface area contributed by atoms with E-state index in [1.165, 1.54) is 21.9 Å². The van der Waals surface area contributed by atoms with E-state index in [0.717, 1.165) is 9.91 Å². The van der Waals surface area contributed by atoms with Gasteiger partial charge in [-0.05, 0) is 24.5 Å². The molecular formula is C22H22N4O5S. The Morgan fingerprint density at radius 3 is 2.38 bits per heavy atom.